The molecule has 3 aliphatic rings. The second-order valence-corrected chi connectivity index (χ2v) is 10.7. The molecule has 2 aromatic rings. The van der Waals surface area contributed by atoms with E-state index in [-0.39, 0.29) is 41.2 Å². The number of hydrogen-bond donors (Lipinski definition) is 4. The molecule has 1 aromatic heterocycles. The lowest BCUT2D eigenvalue weighted by atomic mass is 9.84. The lowest BCUT2D eigenvalue weighted by Gasteiger charge is -2.47. The fraction of sp³-hybridized carbons (Fsp3) is 0.500. The van der Waals surface area contributed by atoms with Crippen LogP contribution >= 0.6 is 0 Å². The molecule has 0 radical (unpaired) electrons. The molecule has 0 unspecified atom stereocenters. The van der Waals surface area contributed by atoms with Crippen LogP contribution in [0.3, 0.4) is 0 Å². The number of nitrogens with one attached hydrogen (secondary N) is 3. The number of phenols is 1. The number of aromatic hydroxyl groups is 1. The van der Waals surface area contributed by atoms with Gasteiger partial charge in [-0.2, -0.15) is 0 Å². The maximum atomic E-state index is 13.3. The molecule has 1 amide bonds. The van der Waals surface area contributed by atoms with Crippen LogP contribution in [-0.4, -0.2) is 44.7 Å². The van der Waals surface area contributed by atoms with Gasteiger partial charge in [-0.25, -0.2) is 0 Å². The fourth-order valence-corrected chi connectivity index (χ4v) is 5.31. The second kappa shape index (κ2) is 8.41. The summed E-state index contributed by atoms with van der Waals surface area (Å²) in [5, 5.41) is 26.1. The van der Waals surface area contributed by atoms with E-state index in [0.717, 1.165) is 12.8 Å². The molecule has 3 fully saturated rings. The van der Waals surface area contributed by atoms with Crippen molar-refractivity contribution in [2.75, 3.05) is 11.9 Å². The Hall–Kier alpha value is -3.33. The summed E-state index contributed by atoms with van der Waals surface area (Å²) in [6, 6.07) is 8.81. The van der Waals surface area contributed by atoms with Gasteiger partial charge in [0.15, 0.2) is 5.96 Å². The molecule has 9 nitrogen and oxygen atoms in total. The van der Waals surface area contributed by atoms with Gasteiger partial charge in [-0.15, -0.1) is 0 Å². The topological polar surface area (TPSA) is 120 Å². The summed E-state index contributed by atoms with van der Waals surface area (Å²) in [6.07, 6.45) is 5.27. The minimum atomic E-state index is -0.956. The van der Waals surface area contributed by atoms with Gasteiger partial charge in [-0.3, -0.25) is 19.9 Å². The van der Waals surface area contributed by atoms with Crippen LogP contribution in [-0.2, 0) is 15.1 Å². The molecule has 0 bridgehead atoms. The first-order valence-corrected chi connectivity index (χ1v) is 12.2. The normalized spacial score (nSPS) is 26.4. The molecule has 2 atom stereocenters. The first-order valence-electron chi connectivity index (χ1n) is 12.2. The van der Waals surface area contributed by atoms with Crippen molar-refractivity contribution in [3.05, 3.63) is 52.4 Å². The zero-order chi connectivity index (χ0) is 25.0. The van der Waals surface area contributed by atoms with Gasteiger partial charge in [0, 0.05) is 42.2 Å². The number of nitrogens with zero attached hydrogens (tertiary/aromatic N) is 2. The van der Waals surface area contributed by atoms with E-state index >= 15 is 0 Å². The van der Waals surface area contributed by atoms with Crippen molar-refractivity contribution in [3.8, 4) is 5.75 Å². The highest BCUT2D eigenvalue weighted by Gasteiger charge is 2.45. The van der Waals surface area contributed by atoms with E-state index in [0.29, 0.717) is 42.4 Å². The minimum absolute atomic E-state index is 0.0184. The number of carbonyl (C=O) groups is 1. The highest BCUT2D eigenvalue weighted by Crippen LogP contribution is 2.41. The van der Waals surface area contributed by atoms with Crippen LogP contribution in [0, 0.1) is 5.41 Å². The number of ether oxygens (including phenoxy) is 1. The van der Waals surface area contributed by atoms with E-state index in [9.17, 15) is 14.7 Å². The van der Waals surface area contributed by atoms with Crippen molar-refractivity contribution in [1.82, 2.24) is 14.8 Å². The molecule has 1 saturated carbocycles. The Kier molecular flexibility index (Phi) is 5.62. The predicted molar refractivity (Wildman–Crippen MR) is 133 cm³/mol. The SMILES string of the molecule is CC1(C)C[C@H](N2C(=N)N[C@](C)(c3cccc(Nc4ccn(C5CC5)c(=O)c4)c3O)CC2=O)CCO1. The molecular weight excluding hydrogens is 446 g/mol. The molecule has 2 saturated heterocycles. The molecule has 9 heteroatoms. The highest BCUT2D eigenvalue weighted by molar-refractivity contribution is 6.00. The predicted octanol–water partition coefficient (Wildman–Crippen LogP) is 3.56. The van der Waals surface area contributed by atoms with E-state index in [2.05, 4.69) is 10.6 Å². The molecule has 35 heavy (non-hydrogen) atoms. The van der Waals surface area contributed by atoms with Crippen LogP contribution in [0.5, 0.6) is 5.75 Å². The number of anilines is 2. The van der Waals surface area contributed by atoms with E-state index < -0.39 is 5.54 Å². The third-order valence-corrected chi connectivity index (χ3v) is 7.24. The van der Waals surface area contributed by atoms with Crippen molar-refractivity contribution in [2.24, 2.45) is 0 Å². The van der Waals surface area contributed by atoms with E-state index in [1.165, 1.54) is 6.07 Å². The van der Waals surface area contributed by atoms with Crippen LogP contribution in [0.15, 0.2) is 41.3 Å². The van der Waals surface area contributed by atoms with Gasteiger partial charge >= 0.3 is 0 Å². The van der Waals surface area contributed by atoms with E-state index in [4.69, 9.17) is 10.1 Å². The molecule has 186 valence electrons. The van der Waals surface area contributed by atoms with Crippen molar-refractivity contribution in [2.45, 2.75) is 76.1 Å². The first kappa shape index (κ1) is 23.4. The quantitative estimate of drug-likeness (QED) is 0.487. The zero-order valence-corrected chi connectivity index (χ0v) is 20.4. The minimum Gasteiger partial charge on any atom is -0.505 e. The Morgan fingerprint density at radius 1 is 1.14 bits per heavy atom. The standard InChI is InChI=1S/C26H33N5O4/c1-25(2)14-18(10-12-35-25)31-22(33)15-26(3,29-24(31)27)19-5-4-6-20(23(19)34)28-16-9-11-30(17-7-8-17)21(32)13-16/h4-6,9,11,13,17-18,28,34H,7-8,10,12,14-15H2,1-3H3,(H2,27,29)/t18-,26+/m1/s1. The molecule has 5 rings (SSSR count). The molecular formula is C26H33N5O4. The Morgan fingerprint density at radius 3 is 2.57 bits per heavy atom. The first-order chi connectivity index (χ1) is 16.6. The van der Waals surface area contributed by atoms with E-state index in [1.54, 1.807) is 33.9 Å². The van der Waals surface area contributed by atoms with Crippen molar-refractivity contribution in [3.63, 3.8) is 0 Å². The summed E-state index contributed by atoms with van der Waals surface area (Å²) < 4.78 is 7.52. The Balaban J connectivity index is 1.37. The van der Waals surface area contributed by atoms with Crippen molar-refractivity contribution in [1.29, 1.82) is 5.41 Å². The monoisotopic (exact) mass is 479 g/mol. The molecule has 0 spiro atoms. The number of amides is 1. The number of aromatic nitrogens is 1. The van der Waals surface area contributed by atoms with Gasteiger partial charge in [0.2, 0.25) is 5.91 Å². The second-order valence-electron chi connectivity index (χ2n) is 10.7. The van der Waals surface area contributed by atoms with Crippen LogP contribution in [0.2, 0.25) is 0 Å². The average molecular weight is 480 g/mol. The van der Waals surface area contributed by atoms with Gasteiger partial charge in [-0.05, 0) is 58.6 Å². The lowest BCUT2D eigenvalue weighted by Crippen LogP contribution is -2.63. The fourth-order valence-electron chi connectivity index (χ4n) is 5.31. The summed E-state index contributed by atoms with van der Waals surface area (Å²) in [4.78, 5) is 27.2. The molecule has 2 aliphatic heterocycles. The number of guanidine groups is 1. The number of para-hydroxylation sites is 1. The average Bonchev–Trinajstić information content (AvgIpc) is 3.59. The maximum Gasteiger partial charge on any atom is 0.252 e. The van der Waals surface area contributed by atoms with Gasteiger partial charge in [-0.1, -0.05) is 12.1 Å². The number of phenolic OH excluding ortho intramolecular Hbond substituents is 1. The Bertz CT molecular complexity index is 1210. The largest absolute Gasteiger partial charge is 0.505 e. The molecule has 4 N–H and O–H groups in total. The number of pyridine rings is 1. The third-order valence-electron chi connectivity index (χ3n) is 7.24. The van der Waals surface area contributed by atoms with Gasteiger partial charge in [0.05, 0.1) is 23.2 Å². The summed E-state index contributed by atoms with van der Waals surface area (Å²) in [5.41, 5.74) is 0.146. The molecule has 3 heterocycles. The summed E-state index contributed by atoms with van der Waals surface area (Å²) >= 11 is 0. The number of carbonyl (C=O) groups excluding carboxylic acids is 1. The number of benzene rings is 1. The Morgan fingerprint density at radius 2 is 1.91 bits per heavy atom. The Labute approximate surface area is 204 Å². The van der Waals surface area contributed by atoms with Crippen LogP contribution < -0.4 is 16.2 Å². The van der Waals surface area contributed by atoms with Crippen LogP contribution in [0.25, 0.3) is 0 Å². The van der Waals surface area contributed by atoms with Gasteiger partial charge < -0.3 is 25.0 Å². The number of rotatable bonds is 5. The van der Waals surface area contributed by atoms with Gasteiger partial charge in [0.25, 0.3) is 5.56 Å². The van der Waals surface area contributed by atoms with E-state index in [1.807, 2.05) is 26.8 Å². The summed E-state index contributed by atoms with van der Waals surface area (Å²) in [7, 11) is 0. The van der Waals surface area contributed by atoms with Gasteiger partial charge in [0.1, 0.15) is 5.75 Å². The molecule has 1 aliphatic carbocycles. The van der Waals surface area contributed by atoms with Crippen molar-refractivity contribution < 1.29 is 14.6 Å². The van der Waals surface area contributed by atoms with Crippen LogP contribution in [0.4, 0.5) is 11.4 Å². The summed E-state index contributed by atoms with van der Waals surface area (Å²) in [6.45, 7) is 6.37. The molecule has 1 aromatic carbocycles. The third kappa shape index (κ3) is 4.52. The lowest BCUT2D eigenvalue weighted by molar-refractivity contribution is -0.137. The summed E-state index contributed by atoms with van der Waals surface area (Å²) in [5.74, 6) is -0.136. The van der Waals surface area contributed by atoms with Crippen molar-refractivity contribution >= 4 is 23.2 Å². The highest BCUT2D eigenvalue weighted by atomic mass is 16.5. The zero-order valence-electron chi connectivity index (χ0n) is 20.4. The maximum absolute atomic E-state index is 13.3. The smallest absolute Gasteiger partial charge is 0.252 e. The number of hydrogen-bond acceptors (Lipinski definition) is 6. The van der Waals surface area contributed by atoms with Crippen LogP contribution in [0.1, 0.15) is 64.5 Å².